The molecule has 6 nitrogen and oxygen atoms in total. The van der Waals surface area contributed by atoms with Crippen LogP contribution in [-0.2, 0) is 10.0 Å². The second-order valence-electron chi connectivity index (χ2n) is 8.58. The van der Waals surface area contributed by atoms with E-state index < -0.39 is 10.0 Å². The van der Waals surface area contributed by atoms with Crippen molar-refractivity contribution in [1.82, 2.24) is 9.62 Å². The van der Waals surface area contributed by atoms with Crippen LogP contribution in [0.1, 0.15) is 42.5 Å². The molecule has 32 heavy (non-hydrogen) atoms. The number of sulfonamides is 1. The number of carbonyl (C=O) groups excluding carboxylic acids is 1. The van der Waals surface area contributed by atoms with Crippen LogP contribution in [0.5, 0.6) is 0 Å². The molecule has 1 heterocycles. The predicted octanol–water partition coefficient (Wildman–Crippen LogP) is 4.16. The smallest absolute Gasteiger partial charge is 0.252 e. The van der Waals surface area contributed by atoms with Crippen molar-refractivity contribution in [2.75, 3.05) is 37.6 Å². The summed E-state index contributed by atoms with van der Waals surface area (Å²) in [5, 5.41) is 3.22. The molecule has 2 fully saturated rings. The fraction of sp³-hybridized carbons (Fsp3) is 0.458. The number of piperazine rings is 1. The maximum atomic E-state index is 13.3. The van der Waals surface area contributed by atoms with Gasteiger partial charge in [-0.25, -0.2) is 8.42 Å². The van der Waals surface area contributed by atoms with E-state index in [1.807, 2.05) is 30.3 Å². The molecule has 0 radical (unpaired) electrons. The van der Waals surface area contributed by atoms with Gasteiger partial charge in [0.1, 0.15) is 0 Å². The summed E-state index contributed by atoms with van der Waals surface area (Å²) in [7, 11) is -3.71. The number of hydrogen-bond acceptors (Lipinski definition) is 4. The molecule has 8 heteroatoms. The minimum Gasteiger partial charge on any atom is -0.369 e. The van der Waals surface area contributed by atoms with Crippen molar-refractivity contribution in [1.29, 1.82) is 0 Å². The van der Waals surface area contributed by atoms with E-state index in [1.54, 1.807) is 0 Å². The Bertz CT molecular complexity index is 1030. The van der Waals surface area contributed by atoms with Crippen molar-refractivity contribution in [3.63, 3.8) is 0 Å². The molecule has 0 unspecified atom stereocenters. The summed E-state index contributed by atoms with van der Waals surface area (Å²) in [5.41, 5.74) is 1.31. The molecule has 0 bridgehead atoms. The fourth-order valence-electron chi connectivity index (χ4n) is 4.54. The molecule has 2 aliphatic rings. The summed E-state index contributed by atoms with van der Waals surface area (Å²) in [6.07, 6.45) is 5.91. The van der Waals surface area contributed by atoms with Gasteiger partial charge in [0.05, 0.1) is 15.5 Å². The first-order valence-corrected chi connectivity index (χ1v) is 13.1. The molecule has 1 aliphatic carbocycles. The van der Waals surface area contributed by atoms with E-state index in [2.05, 4.69) is 10.2 Å². The summed E-state index contributed by atoms with van der Waals surface area (Å²) in [6.45, 7) is 2.62. The third kappa shape index (κ3) is 5.27. The molecule has 1 saturated carbocycles. The zero-order chi connectivity index (χ0) is 22.6. The van der Waals surface area contributed by atoms with Crippen molar-refractivity contribution in [2.24, 2.45) is 5.92 Å². The number of amides is 1. The third-order valence-electron chi connectivity index (χ3n) is 6.46. The maximum absolute atomic E-state index is 13.3. The monoisotopic (exact) mass is 475 g/mol. The largest absolute Gasteiger partial charge is 0.369 e. The van der Waals surface area contributed by atoms with Gasteiger partial charge in [-0.3, -0.25) is 4.79 Å². The van der Waals surface area contributed by atoms with Gasteiger partial charge in [-0.2, -0.15) is 4.31 Å². The van der Waals surface area contributed by atoms with Crippen LogP contribution in [0.4, 0.5) is 5.69 Å². The lowest BCUT2D eigenvalue weighted by atomic mass is 9.89. The quantitative estimate of drug-likeness (QED) is 0.681. The predicted molar refractivity (Wildman–Crippen MR) is 128 cm³/mol. The molecule has 2 aromatic rings. The van der Waals surface area contributed by atoms with Crippen LogP contribution in [0.15, 0.2) is 53.4 Å². The van der Waals surface area contributed by atoms with E-state index in [-0.39, 0.29) is 21.4 Å². The lowest BCUT2D eigenvalue weighted by Crippen LogP contribution is -2.48. The number of hydrogen-bond donors (Lipinski definition) is 1. The molecule has 1 saturated heterocycles. The Labute approximate surface area is 195 Å². The van der Waals surface area contributed by atoms with Gasteiger partial charge in [-0.1, -0.05) is 49.1 Å². The van der Waals surface area contributed by atoms with Crippen molar-refractivity contribution < 1.29 is 13.2 Å². The van der Waals surface area contributed by atoms with Gasteiger partial charge in [0, 0.05) is 38.4 Å². The Morgan fingerprint density at radius 1 is 0.969 bits per heavy atom. The van der Waals surface area contributed by atoms with Crippen LogP contribution in [0.3, 0.4) is 0 Å². The molecule has 1 N–H and O–H groups in total. The summed E-state index contributed by atoms with van der Waals surface area (Å²) in [6, 6.07) is 14.4. The first-order valence-electron chi connectivity index (χ1n) is 11.3. The van der Waals surface area contributed by atoms with Crippen molar-refractivity contribution in [3.05, 3.63) is 59.1 Å². The van der Waals surface area contributed by atoms with Gasteiger partial charge in [0.2, 0.25) is 10.0 Å². The third-order valence-corrected chi connectivity index (χ3v) is 8.68. The molecule has 4 rings (SSSR count). The highest BCUT2D eigenvalue weighted by Gasteiger charge is 2.29. The molecule has 1 amide bonds. The van der Waals surface area contributed by atoms with Gasteiger partial charge in [-0.15, -0.1) is 0 Å². The lowest BCUT2D eigenvalue weighted by Gasteiger charge is -2.35. The number of halogens is 1. The van der Waals surface area contributed by atoms with Crippen LogP contribution in [0.25, 0.3) is 0 Å². The first-order chi connectivity index (χ1) is 15.4. The minimum atomic E-state index is -3.71. The van der Waals surface area contributed by atoms with Crippen LogP contribution in [0.2, 0.25) is 5.02 Å². The van der Waals surface area contributed by atoms with Crippen LogP contribution < -0.4 is 10.2 Å². The number of nitrogens with zero attached hydrogens (tertiary/aromatic N) is 2. The van der Waals surface area contributed by atoms with Gasteiger partial charge in [0.25, 0.3) is 5.91 Å². The van der Waals surface area contributed by atoms with Crippen molar-refractivity contribution >= 4 is 33.2 Å². The number of nitrogens with one attached hydrogen (secondary N) is 1. The van der Waals surface area contributed by atoms with E-state index in [9.17, 15) is 13.2 Å². The highest BCUT2D eigenvalue weighted by atomic mass is 35.5. The van der Waals surface area contributed by atoms with E-state index in [1.165, 1.54) is 41.8 Å². The van der Waals surface area contributed by atoms with Gasteiger partial charge in [-0.05, 0) is 49.1 Å². The normalized spacial score (nSPS) is 18.5. The van der Waals surface area contributed by atoms with Gasteiger partial charge >= 0.3 is 0 Å². The number of anilines is 1. The van der Waals surface area contributed by atoms with Crippen LogP contribution in [-0.4, -0.2) is 51.4 Å². The lowest BCUT2D eigenvalue weighted by molar-refractivity contribution is 0.0943. The molecular weight excluding hydrogens is 446 g/mol. The zero-order valence-electron chi connectivity index (χ0n) is 18.2. The highest BCUT2D eigenvalue weighted by Crippen LogP contribution is 2.26. The van der Waals surface area contributed by atoms with E-state index >= 15 is 0 Å². The zero-order valence-corrected chi connectivity index (χ0v) is 19.7. The Kier molecular flexibility index (Phi) is 7.38. The number of para-hydroxylation sites is 1. The SMILES string of the molecule is O=C(NCC1CCCCC1)c1cc(S(=O)(=O)N2CCN(c3ccccc3)CC2)ccc1Cl. The summed E-state index contributed by atoms with van der Waals surface area (Å²) >= 11 is 6.26. The summed E-state index contributed by atoms with van der Waals surface area (Å²) in [5.74, 6) is 0.172. The molecule has 1 aliphatic heterocycles. The Balaban J connectivity index is 1.43. The second kappa shape index (κ2) is 10.2. The van der Waals surface area contributed by atoms with Gasteiger partial charge < -0.3 is 10.2 Å². The highest BCUT2D eigenvalue weighted by molar-refractivity contribution is 7.89. The Hall–Kier alpha value is -2.09. The van der Waals surface area contributed by atoms with Crippen LogP contribution in [0, 0.1) is 5.92 Å². The van der Waals surface area contributed by atoms with Crippen LogP contribution >= 0.6 is 11.6 Å². The second-order valence-corrected chi connectivity index (χ2v) is 10.9. The Morgan fingerprint density at radius 3 is 2.34 bits per heavy atom. The van der Waals surface area contributed by atoms with E-state index in [0.29, 0.717) is 38.6 Å². The number of benzene rings is 2. The van der Waals surface area contributed by atoms with Crippen molar-refractivity contribution in [2.45, 2.75) is 37.0 Å². The topological polar surface area (TPSA) is 69.7 Å². The molecule has 0 aromatic heterocycles. The molecule has 2 aromatic carbocycles. The summed E-state index contributed by atoms with van der Waals surface area (Å²) < 4.78 is 28.0. The minimum absolute atomic E-state index is 0.109. The maximum Gasteiger partial charge on any atom is 0.252 e. The first kappa shape index (κ1) is 23.1. The number of carbonyl (C=O) groups is 1. The summed E-state index contributed by atoms with van der Waals surface area (Å²) in [4.78, 5) is 15.0. The Morgan fingerprint density at radius 2 is 1.66 bits per heavy atom. The van der Waals surface area contributed by atoms with E-state index in [0.717, 1.165) is 18.5 Å². The average Bonchev–Trinajstić information content (AvgIpc) is 2.84. The standard InChI is InChI=1S/C24H30ClN3O3S/c25-23-12-11-21(17-22(23)24(29)26-18-19-7-3-1-4-8-19)32(30,31)28-15-13-27(14-16-28)20-9-5-2-6-10-20/h2,5-6,9-12,17,19H,1,3-4,7-8,13-16,18H2,(H,26,29). The molecule has 0 atom stereocenters. The van der Waals surface area contributed by atoms with Gasteiger partial charge in [0.15, 0.2) is 0 Å². The molecule has 0 spiro atoms. The van der Waals surface area contributed by atoms with E-state index in [4.69, 9.17) is 11.6 Å². The number of rotatable bonds is 6. The average molecular weight is 476 g/mol. The molecular formula is C24H30ClN3O3S. The molecule has 172 valence electrons. The van der Waals surface area contributed by atoms with Crippen molar-refractivity contribution in [3.8, 4) is 0 Å². The fourth-order valence-corrected chi connectivity index (χ4v) is 6.19.